The molecule has 0 radical (unpaired) electrons. The molecule has 9 nitrogen and oxygen atoms in total. The van der Waals surface area contributed by atoms with Crippen molar-refractivity contribution < 1.29 is 43.9 Å². The Morgan fingerprint density at radius 2 is 1.94 bits per heavy atom. The second-order valence-corrected chi connectivity index (χ2v) is 9.90. The van der Waals surface area contributed by atoms with E-state index in [0.717, 1.165) is 6.92 Å². The number of fused-ring (bicyclic) bond motifs is 2. The monoisotopic (exact) mass is 440 g/mol. The quantitative estimate of drug-likeness (QED) is 0.433. The van der Waals surface area contributed by atoms with Crippen molar-refractivity contribution >= 4 is 17.9 Å². The van der Waals surface area contributed by atoms with E-state index in [1.807, 2.05) is 6.92 Å². The van der Waals surface area contributed by atoms with Gasteiger partial charge in [-0.2, -0.15) is 0 Å². The molecule has 9 heteroatoms. The van der Waals surface area contributed by atoms with E-state index in [9.17, 15) is 29.7 Å². The maximum Gasteiger partial charge on any atom is 0.340 e. The number of carbonyl (C=O) groups is 3. The highest BCUT2D eigenvalue weighted by molar-refractivity contribution is 5.92. The van der Waals surface area contributed by atoms with E-state index in [2.05, 4.69) is 0 Å². The molecule has 3 aliphatic rings. The Hall–Kier alpha value is -1.97. The third-order valence-electron chi connectivity index (χ3n) is 7.53. The maximum absolute atomic E-state index is 12.6. The second kappa shape index (κ2) is 7.28. The predicted octanol–water partition coefficient (Wildman–Crippen LogP) is 1.12. The highest BCUT2D eigenvalue weighted by atomic mass is 16.7. The van der Waals surface area contributed by atoms with Gasteiger partial charge < -0.3 is 29.5 Å². The predicted molar refractivity (Wildman–Crippen MR) is 106 cm³/mol. The van der Waals surface area contributed by atoms with E-state index >= 15 is 0 Å². The molecule has 0 amide bonds. The molecule has 2 aliphatic carbocycles. The van der Waals surface area contributed by atoms with E-state index in [0.29, 0.717) is 24.0 Å². The fraction of sp³-hybridized carbons (Fsp3) is 0.773. The second-order valence-electron chi connectivity index (χ2n) is 9.90. The van der Waals surface area contributed by atoms with Crippen LogP contribution in [-0.2, 0) is 28.6 Å². The van der Waals surface area contributed by atoms with Crippen LogP contribution < -0.4 is 0 Å². The first-order chi connectivity index (χ1) is 14.1. The van der Waals surface area contributed by atoms with Crippen LogP contribution >= 0.6 is 0 Å². The van der Waals surface area contributed by atoms with Crippen LogP contribution in [0.3, 0.4) is 0 Å². The molecule has 3 rings (SSSR count). The summed E-state index contributed by atoms with van der Waals surface area (Å²) in [6.45, 7) is 8.88. The molecule has 2 fully saturated rings. The van der Waals surface area contributed by atoms with Gasteiger partial charge in [-0.05, 0) is 52.4 Å². The number of rotatable bonds is 4. The number of hydrogen-bond acceptors (Lipinski definition) is 9. The van der Waals surface area contributed by atoms with Gasteiger partial charge in [0, 0.05) is 30.4 Å². The van der Waals surface area contributed by atoms with Crippen molar-refractivity contribution in [1.29, 1.82) is 0 Å². The van der Waals surface area contributed by atoms with Crippen LogP contribution in [0.2, 0.25) is 0 Å². The molecule has 2 saturated carbocycles. The first-order valence-corrected chi connectivity index (χ1v) is 10.5. The summed E-state index contributed by atoms with van der Waals surface area (Å²) in [5.74, 6) is -4.25. The molecule has 0 spiro atoms. The lowest BCUT2D eigenvalue weighted by molar-refractivity contribution is -0.251. The van der Waals surface area contributed by atoms with Gasteiger partial charge in [-0.25, -0.2) is 9.59 Å². The lowest BCUT2D eigenvalue weighted by atomic mass is 9.52. The molecule has 0 aromatic carbocycles. The molecule has 1 heterocycles. The summed E-state index contributed by atoms with van der Waals surface area (Å²) in [5.41, 5.74) is -3.23. The Morgan fingerprint density at radius 3 is 2.48 bits per heavy atom. The van der Waals surface area contributed by atoms with Gasteiger partial charge in [-0.1, -0.05) is 6.92 Å². The molecule has 174 valence electrons. The Kier molecular flexibility index (Phi) is 5.56. The van der Waals surface area contributed by atoms with Crippen LogP contribution in [-0.4, -0.2) is 62.4 Å². The third-order valence-corrected chi connectivity index (χ3v) is 7.53. The molecule has 7 atom stereocenters. The number of hydrogen-bond donors (Lipinski definition) is 3. The molecule has 7 unspecified atom stereocenters. The van der Waals surface area contributed by atoms with Crippen molar-refractivity contribution in [2.75, 3.05) is 0 Å². The van der Waals surface area contributed by atoms with Gasteiger partial charge in [0.1, 0.15) is 11.7 Å². The standard InChI is InChI=1S/C22H32O9/c1-11-14-9-15-19(4,10-22(14,28)31-17(11)25)8-7-16(21(15,6)30-13(3)24)29-18(26)20(5,27)12(2)23/h12,15-16,23,27-28H,7-10H2,1-6H3. The van der Waals surface area contributed by atoms with Crippen molar-refractivity contribution in [3.8, 4) is 0 Å². The minimum absolute atomic E-state index is 0.131. The SMILES string of the molecule is CC(=O)OC1(C)C(OC(=O)C(C)(O)C(C)O)CCC2(C)CC3(O)OC(=O)C(C)=C3CC21. The first kappa shape index (κ1) is 23.7. The number of aliphatic hydroxyl groups is 3. The summed E-state index contributed by atoms with van der Waals surface area (Å²) >= 11 is 0. The molecule has 1 aliphatic heterocycles. The molecule has 0 aromatic rings. The lowest BCUT2D eigenvalue weighted by Gasteiger charge is -2.58. The number of aliphatic hydroxyl groups excluding tert-OH is 1. The first-order valence-electron chi connectivity index (χ1n) is 10.5. The Bertz CT molecular complexity index is 844. The zero-order valence-electron chi connectivity index (χ0n) is 18.9. The average Bonchev–Trinajstić information content (AvgIpc) is 2.83. The molecular weight excluding hydrogens is 408 g/mol. The van der Waals surface area contributed by atoms with Crippen LogP contribution in [0.4, 0.5) is 0 Å². The molecule has 0 aromatic heterocycles. The van der Waals surface area contributed by atoms with E-state index in [-0.39, 0.29) is 12.8 Å². The summed E-state index contributed by atoms with van der Waals surface area (Å²) in [6.07, 6.45) is -1.12. The summed E-state index contributed by atoms with van der Waals surface area (Å²) in [7, 11) is 0. The zero-order valence-corrected chi connectivity index (χ0v) is 18.9. The van der Waals surface area contributed by atoms with Crippen LogP contribution in [0, 0.1) is 11.3 Å². The summed E-state index contributed by atoms with van der Waals surface area (Å²) in [6, 6.07) is 0. The minimum Gasteiger partial charge on any atom is -0.456 e. The topological polar surface area (TPSA) is 140 Å². The minimum atomic E-state index is -2.13. The summed E-state index contributed by atoms with van der Waals surface area (Å²) in [4.78, 5) is 36.8. The van der Waals surface area contributed by atoms with E-state index in [4.69, 9.17) is 14.2 Å². The van der Waals surface area contributed by atoms with Crippen LogP contribution in [0.15, 0.2) is 11.1 Å². The maximum atomic E-state index is 12.6. The van der Waals surface area contributed by atoms with E-state index < -0.39 is 58.4 Å². The van der Waals surface area contributed by atoms with Crippen molar-refractivity contribution in [3.05, 3.63) is 11.1 Å². The van der Waals surface area contributed by atoms with Crippen LogP contribution in [0.25, 0.3) is 0 Å². The lowest BCUT2D eigenvalue weighted by Crippen LogP contribution is -2.64. The van der Waals surface area contributed by atoms with Crippen molar-refractivity contribution in [3.63, 3.8) is 0 Å². The third kappa shape index (κ3) is 3.66. The fourth-order valence-electron chi connectivity index (χ4n) is 5.45. The van der Waals surface area contributed by atoms with Crippen molar-refractivity contribution in [1.82, 2.24) is 0 Å². The van der Waals surface area contributed by atoms with Gasteiger partial charge in [0.2, 0.25) is 5.79 Å². The summed E-state index contributed by atoms with van der Waals surface area (Å²) < 4.78 is 16.6. The molecule has 3 N–H and O–H groups in total. The van der Waals surface area contributed by atoms with Crippen LogP contribution in [0.5, 0.6) is 0 Å². The zero-order chi connectivity index (χ0) is 23.6. The van der Waals surface area contributed by atoms with Gasteiger partial charge in [0.05, 0.1) is 6.10 Å². The average molecular weight is 440 g/mol. The number of carbonyl (C=O) groups excluding carboxylic acids is 3. The highest BCUT2D eigenvalue weighted by Crippen LogP contribution is 2.61. The fourth-order valence-corrected chi connectivity index (χ4v) is 5.45. The van der Waals surface area contributed by atoms with E-state index in [1.54, 1.807) is 13.8 Å². The molecule has 0 bridgehead atoms. The largest absolute Gasteiger partial charge is 0.456 e. The molecule has 0 saturated heterocycles. The Balaban J connectivity index is 2.00. The van der Waals surface area contributed by atoms with Gasteiger partial charge in [-0.3, -0.25) is 4.79 Å². The smallest absolute Gasteiger partial charge is 0.340 e. The van der Waals surface area contributed by atoms with Gasteiger partial charge in [0.25, 0.3) is 0 Å². The normalized spacial score (nSPS) is 40.2. The van der Waals surface area contributed by atoms with Crippen molar-refractivity contribution in [2.45, 2.75) is 96.4 Å². The Morgan fingerprint density at radius 1 is 1.32 bits per heavy atom. The Labute approximate surface area is 181 Å². The van der Waals surface area contributed by atoms with Crippen molar-refractivity contribution in [2.24, 2.45) is 11.3 Å². The highest BCUT2D eigenvalue weighted by Gasteiger charge is 2.65. The number of ether oxygens (including phenoxy) is 3. The summed E-state index contributed by atoms with van der Waals surface area (Å²) in [5, 5.41) is 31.1. The molecule has 31 heavy (non-hydrogen) atoms. The van der Waals surface area contributed by atoms with Gasteiger partial charge in [0.15, 0.2) is 5.60 Å². The number of esters is 3. The van der Waals surface area contributed by atoms with E-state index in [1.165, 1.54) is 13.8 Å². The molecular formula is C22H32O9. The van der Waals surface area contributed by atoms with Gasteiger partial charge in [-0.15, -0.1) is 0 Å². The van der Waals surface area contributed by atoms with Crippen LogP contribution in [0.1, 0.15) is 67.2 Å². The van der Waals surface area contributed by atoms with Gasteiger partial charge >= 0.3 is 17.9 Å².